The number of ether oxygens (including phenoxy) is 2. The molecular formula is C10H20O3. The normalized spacial score (nSPS) is 18.6. The third kappa shape index (κ3) is 6.75. The molecule has 0 aliphatic heterocycles. The number of hydrogen-bond acceptors (Lipinski definition) is 3. The minimum Gasteiger partial charge on any atom is -0.389 e. The van der Waals surface area contributed by atoms with E-state index in [0.29, 0.717) is 13.2 Å². The van der Waals surface area contributed by atoms with Gasteiger partial charge in [0.15, 0.2) is 6.29 Å². The van der Waals surface area contributed by atoms with Crippen molar-refractivity contribution in [1.29, 1.82) is 0 Å². The molecule has 0 spiro atoms. The van der Waals surface area contributed by atoms with E-state index in [1.807, 2.05) is 13.8 Å². The molecule has 78 valence electrons. The molecule has 3 nitrogen and oxygen atoms in total. The van der Waals surface area contributed by atoms with Crippen LogP contribution in [0.1, 0.15) is 31.2 Å². The highest BCUT2D eigenvalue weighted by molar-refractivity contribution is 4.90. The first-order valence-electron chi connectivity index (χ1n) is 5.98. The maximum absolute atomic E-state index is 9.41. The van der Waals surface area contributed by atoms with E-state index in [2.05, 4.69) is 0 Å². The molecule has 0 radical (unpaired) electrons. The van der Waals surface area contributed by atoms with Crippen LogP contribution < -0.4 is 0 Å². The fourth-order valence-corrected chi connectivity index (χ4v) is 0.775. The van der Waals surface area contributed by atoms with Crippen molar-refractivity contribution in [2.24, 2.45) is 0 Å². The van der Waals surface area contributed by atoms with Gasteiger partial charge in [0.05, 0.1) is 6.10 Å². The smallest absolute Gasteiger partial charge is 0.176 e. The van der Waals surface area contributed by atoms with Gasteiger partial charge >= 0.3 is 0 Å². The Morgan fingerprint density at radius 3 is 2.38 bits per heavy atom. The van der Waals surface area contributed by atoms with Crippen LogP contribution in [0.15, 0.2) is 12.2 Å². The molecule has 1 unspecified atom stereocenters. The van der Waals surface area contributed by atoms with Gasteiger partial charge in [0, 0.05) is 17.3 Å². The lowest BCUT2D eigenvalue weighted by molar-refractivity contribution is -0.104. The first-order chi connectivity index (χ1) is 7.39. The largest absolute Gasteiger partial charge is 0.389 e. The fourth-order valence-electron chi connectivity index (χ4n) is 0.775. The van der Waals surface area contributed by atoms with E-state index in [9.17, 15) is 5.11 Å². The molecule has 0 aromatic carbocycles. The van der Waals surface area contributed by atoms with Gasteiger partial charge < -0.3 is 14.6 Å². The van der Waals surface area contributed by atoms with E-state index in [1.54, 1.807) is 0 Å². The van der Waals surface area contributed by atoms with E-state index < -0.39 is 19.2 Å². The first kappa shape index (κ1) is 7.97. The highest BCUT2D eigenvalue weighted by Crippen LogP contribution is 2.00. The van der Waals surface area contributed by atoms with Crippen LogP contribution in [0.2, 0.25) is 0 Å². The topological polar surface area (TPSA) is 38.7 Å². The van der Waals surface area contributed by atoms with Crippen molar-refractivity contribution in [2.45, 2.75) is 39.5 Å². The van der Waals surface area contributed by atoms with Gasteiger partial charge in [-0.1, -0.05) is 12.9 Å². The molecule has 1 atom stereocenters. The van der Waals surface area contributed by atoms with Crippen LogP contribution in [0.5, 0.6) is 0 Å². The maximum Gasteiger partial charge on any atom is 0.176 e. The van der Waals surface area contributed by atoms with Gasteiger partial charge in [-0.3, -0.25) is 0 Å². The molecule has 0 aromatic rings. The molecule has 13 heavy (non-hydrogen) atoms. The summed E-state index contributed by atoms with van der Waals surface area (Å²) in [6.45, 7) is 2.52. The molecule has 0 rings (SSSR count). The highest BCUT2D eigenvalue weighted by atomic mass is 16.7. The van der Waals surface area contributed by atoms with Crippen LogP contribution in [0, 0.1) is 0 Å². The van der Waals surface area contributed by atoms with Gasteiger partial charge in [-0.2, -0.15) is 0 Å². The lowest BCUT2D eigenvalue weighted by atomic mass is 10.2. The van der Waals surface area contributed by atoms with E-state index in [-0.39, 0.29) is 6.42 Å². The van der Waals surface area contributed by atoms with Crippen molar-refractivity contribution in [2.75, 3.05) is 13.2 Å². The molecule has 0 aliphatic carbocycles. The van der Waals surface area contributed by atoms with Crippen molar-refractivity contribution < 1.29 is 18.7 Å². The number of aliphatic hydroxyl groups excluding tert-OH is 1. The number of hydrogen-bond donors (Lipinski definition) is 1. The number of aliphatic hydroxyl groups is 1. The SMILES string of the molecule is [2H]C([2H])([2H])CC(O)/C=C/C(OCC)OCC. The molecule has 0 aliphatic rings. The first-order valence-corrected chi connectivity index (χ1v) is 4.48. The monoisotopic (exact) mass is 191 g/mol. The van der Waals surface area contributed by atoms with Crippen molar-refractivity contribution in [3.05, 3.63) is 12.2 Å². The molecule has 0 heterocycles. The standard InChI is InChI=1S/C10H20O3/c1-4-9(11)7-8-10(12-5-2)13-6-3/h7-11H,4-6H2,1-3H3/b8-7+/i1D3. The summed E-state index contributed by atoms with van der Waals surface area (Å²) < 4.78 is 31.4. The minimum absolute atomic E-state index is 0.269. The van der Waals surface area contributed by atoms with Gasteiger partial charge in [0.1, 0.15) is 0 Å². The van der Waals surface area contributed by atoms with Crippen LogP contribution in [0.3, 0.4) is 0 Å². The van der Waals surface area contributed by atoms with Gasteiger partial charge in [0.2, 0.25) is 0 Å². The summed E-state index contributed by atoms with van der Waals surface area (Å²) in [5.41, 5.74) is 0. The third-order valence-corrected chi connectivity index (χ3v) is 1.36. The lowest BCUT2D eigenvalue weighted by Gasteiger charge is -2.12. The van der Waals surface area contributed by atoms with Crippen molar-refractivity contribution in [1.82, 2.24) is 0 Å². The molecule has 0 saturated carbocycles. The second-order valence-corrected chi connectivity index (χ2v) is 2.44. The minimum atomic E-state index is -2.13. The van der Waals surface area contributed by atoms with Crippen molar-refractivity contribution >= 4 is 0 Å². The van der Waals surface area contributed by atoms with Crippen LogP contribution in [-0.2, 0) is 9.47 Å². The third-order valence-electron chi connectivity index (χ3n) is 1.36. The maximum atomic E-state index is 9.41. The predicted octanol–water partition coefficient (Wildman–Crippen LogP) is 1.71. The average molecular weight is 191 g/mol. The number of rotatable bonds is 7. The zero-order valence-corrected chi connectivity index (χ0v) is 8.19. The Kier molecular flexibility index (Phi) is 5.05. The molecule has 0 amide bonds. The fraction of sp³-hybridized carbons (Fsp3) is 0.800. The van der Waals surface area contributed by atoms with E-state index in [0.717, 1.165) is 0 Å². The Hall–Kier alpha value is -0.380. The molecular weight excluding hydrogens is 168 g/mol. The van der Waals surface area contributed by atoms with Crippen LogP contribution in [0.4, 0.5) is 0 Å². The second kappa shape index (κ2) is 8.23. The van der Waals surface area contributed by atoms with Crippen LogP contribution >= 0.6 is 0 Å². The Morgan fingerprint density at radius 1 is 1.31 bits per heavy atom. The average Bonchev–Trinajstić information content (AvgIpc) is 2.12. The Balaban J connectivity index is 4.10. The van der Waals surface area contributed by atoms with Gasteiger partial charge in [-0.15, -0.1) is 0 Å². The summed E-state index contributed by atoms with van der Waals surface area (Å²) in [5, 5.41) is 9.41. The molecule has 0 aromatic heterocycles. The predicted molar refractivity (Wildman–Crippen MR) is 52.5 cm³/mol. The molecule has 0 bridgehead atoms. The zero-order valence-electron chi connectivity index (χ0n) is 11.2. The van der Waals surface area contributed by atoms with E-state index in [1.165, 1.54) is 12.2 Å². The van der Waals surface area contributed by atoms with Gasteiger partial charge in [-0.05, 0) is 26.3 Å². The van der Waals surface area contributed by atoms with Crippen LogP contribution in [0.25, 0.3) is 0 Å². The van der Waals surface area contributed by atoms with Crippen molar-refractivity contribution in [3.63, 3.8) is 0 Å². The quantitative estimate of drug-likeness (QED) is 0.492. The Bertz CT molecular complexity index is 198. The Morgan fingerprint density at radius 2 is 1.92 bits per heavy atom. The molecule has 3 heteroatoms. The second-order valence-electron chi connectivity index (χ2n) is 2.44. The summed E-state index contributed by atoms with van der Waals surface area (Å²) in [5.74, 6) is 0. The van der Waals surface area contributed by atoms with Crippen molar-refractivity contribution in [3.8, 4) is 0 Å². The van der Waals surface area contributed by atoms with E-state index in [4.69, 9.17) is 13.6 Å². The van der Waals surface area contributed by atoms with E-state index >= 15 is 0 Å². The lowest BCUT2D eigenvalue weighted by Crippen LogP contribution is -2.15. The molecule has 0 fully saturated rings. The highest BCUT2D eigenvalue weighted by Gasteiger charge is 2.02. The van der Waals surface area contributed by atoms with Crippen LogP contribution in [-0.4, -0.2) is 30.7 Å². The zero-order chi connectivity index (χ0) is 12.6. The molecule has 0 saturated heterocycles. The van der Waals surface area contributed by atoms with Gasteiger partial charge in [0.25, 0.3) is 0 Å². The summed E-state index contributed by atoms with van der Waals surface area (Å²) >= 11 is 0. The summed E-state index contributed by atoms with van der Waals surface area (Å²) in [6, 6.07) is 0. The summed E-state index contributed by atoms with van der Waals surface area (Å²) in [6.07, 6.45) is 1.12. The summed E-state index contributed by atoms with van der Waals surface area (Å²) in [7, 11) is 0. The van der Waals surface area contributed by atoms with Gasteiger partial charge in [-0.25, -0.2) is 0 Å². The Labute approximate surface area is 84.6 Å². The summed E-state index contributed by atoms with van der Waals surface area (Å²) in [4.78, 5) is 0. The molecule has 1 N–H and O–H groups in total.